The number of aryl methyl sites for hydroxylation is 1. The van der Waals surface area contributed by atoms with E-state index < -0.39 is 0 Å². The molecule has 0 fully saturated rings. The molecule has 0 saturated carbocycles. The zero-order chi connectivity index (χ0) is 11.3. The molecule has 84 valence electrons. The molecule has 1 aromatic rings. The fourth-order valence-electron chi connectivity index (χ4n) is 1.28. The second kappa shape index (κ2) is 5.90. The summed E-state index contributed by atoms with van der Waals surface area (Å²) in [5, 5.41) is 3.78. The number of halogens is 1. The number of carbonyl (C=O) groups is 1. The summed E-state index contributed by atoms with van der Waals surface area (Å²) < 4.78 is 5.01. The molecule has 1 rings (SSSR count). The van der Waals surface area contributed by atoms with Gasteiger partial charge in [-0.3, -0.25) is 4.79 Å². The van der Waals surface area contributed by atoms with Crippen molar-refractivity contribution in [1.82, 2.24) is 10.3 Å². The van der Waals surface area contributed by atoms with Crippen LogP contribution in [0.3, 0.4) is 0 Å². The lowest BCUT2D eigenvalue weighted by molar-refractivity contribution is 0.0906. The van der Waals surface area contributed by atoms with Crippen LogP contribution >= 0.6 is 15.9 Å². The summed E-state index contributed by atoms with van der Waals surface area (Å²) in [6, 6.07) is 0.182. The number of oxazole rings is 1. The summed E-state index contributed by atoms with van der Waals surface area (Å²) in [7, 11) is 0. The molecule has 1 atom stereocenters. The van der Waals surface area contributed by atoms with E-state index in [1.165, 1.54) is 6.39 Å². The summed E-state index contributed by atoms with van der Waals surface area (Å²) in [5.74, 6) is 0.126. The standard InChI is InChI=1S/C10H15BrN2O2/c1-3-8(4-5-11)13-10(14)9-7(2)12-6-15-9/h6,8H,3-5H2,1-2H3,(H,13,14). The maximum Gasteiger partial charge on any atom is 0.289 e. The summed E-state index contributed by atoms with van der Waals surface area (Å²) in [6.07, 6.45) is 3.11. The van der Waals surface area contributed by atoms with Crippen LogP contribution < -0.4 is 5.32 Å². The molecule has 0 aliphatic heterocycles. The number of hydrogen-bond acceptors (Lipinski definition) is 3. The van der Waals surface area contributed by atoms with Gasteiger partial charge in [0.25, 0.3) is 5.91 Å². The first-order valence-electron chi connectivity index (χ1n) is 4.96. The van der Waals surface area contributed by atoms with Crippen molar-refractivity contribution in [2.24, 2.45) is 0 Å². The number of amides is 1. The number of hydrogen-bond donors (Lipinski definition) is 1. The Morgan fingerprint density at radius 1 is 1.73 bits per heavy atom. The Morgan fingerprint density at radius 3 is 2.93 bits per heavy atom. The van der Waals surface area contributed by atoms with Gasteiger partial charge in [0.15, 0.2) is 6.39 Å². The number of aromatic nitrogens is 1. The lowest BCUT2D eigenvalue weighted by Gasteiger charge is -2.14. The van der Waals surface area contributed by atoms with Crippen LogP contribution in [0.2, 0.25) is 0 Å². The van der Waals surface area contributed by atoms with Crippen molar-refractivity contribution in [3.63, 3.8) is 0 Å². The maximum atomic E-state index is 11.7. The van der Waals surface area contributed by atoms with Crippen LogP contribution in [0.4, 0.5) is 0 Å². The minimum Gasteiger partial charge on any atom is -0.438 e. The van der Waals surface area contributed by atoms with Crippen molar-refractivity contribution in [3.8, 4) is 0 Å². The lowest BCUT2D eigenvalue weighted by Crippen LogP contribution is -2.34. The average Bonchev–Trinajstić information content (AvgIpc) is 2.63. The molecule has 5 heteroatoms. The van der Waals surface area contributed by atoms with Gasteiger partial charge in [0.2, 0.25) is 5.76 Å². The van der Waals surface area contributed by atoms with E-state index in [0.29, 0.717) is 11.5 Å². The molecule has 0 saturated heterocycles. The van der Waals surface area contributed by atoms with Crippen molar-refractivity contribution in [2.75, 3.05) is 5.33 Å². The Balaban J connectivity index is 2.58. The molecule has 0 spiro atoms. The Labute approximate surface area is 97.6 Å². The van der Waals surface area contributed by atoms with Gasteiger partial charge >= 0.3 is 0 Å². The van der Waals surface area contributed by atoms with Gasteiger partial charge in [-0.05, 0) is 19.8 Å². The van der Waals surface area contributed by atoms with Crippen molar-refractivity contribution >= 4 is 21.8 Å². The first kappa shape index (κ1) is 12.2. The van der Waals surface area contributed by atoms with Gasteiger partial charge in [-0.15, -0.1) is 0 Å². The first-order valence-corrected chi connectivity index (χ1v) is 6.08. The predicted molar refractivity (Wildman–Crippen MR) is 61.2 cm³/mol. The summed E-state index contributed by atoms with van der Waals surface area (Å²) >= 11 is 3.36. The fourth-order valence-corrected chi connectivity index (χ4v) is 1.83. The molecule has 1 aromatic heterocycles. The topological polar surface area (TPSA) is 55.1 Å². The Morgan fingerprint density at radius 2 is 2.47 bits per heavy atom. The second-order valence-electron chi connectivity index (χ2n) is 3.32. The van der Waals surface area contributed by atoms with Crippen LogP contribution in [0.5, 0.6) is 0 Å². The largest absolute Gasteiger partial charge is 0.438 e. The van der Waals surface area contributed by atoms with Crippen molar-refractivity contribution in [1.29, 1.82) is 0 Å². The quantitative estimate of drug-likeness (QED) is 0.839. The monoisotopic (exact) mass is 274 g/mol. The van der Waals surface area contributed by atoms with Crippen LogP contribution in [0, 0.1) is 6.92 Å². The molecule has 0 radical (unpaired) electrons. The van der Waals surface area contributed by atoms with Gasteiger partial charge in [-0.2, -0.15) is 0 Å². The van der Waals surface area contributed by atoms with E-state index in [0.717, 1.165) is 18.2 Å². The minimum absolute atomic E-state index is 0.182. The van der Waals surface area contributed by atoms with E-state index in [9.17, 15) is 4.79 Å². The molecule has 4 nitrogen and oxygen atoms in total. The maximum absolute atomic E-state index is 11.7. The highest BCUT2D eigenvalue weighted by molar-refractivity contribution is 9.09. The molecule has 0 aromatic carbocycles. The first-order chi connectivity index (χ1) is 7.19. The highest BCUT2D eigenvalue weighted by Crippen LogP contribution is 2.07. The summed E-state index contributed by atoms with van der Waals surface area (Å²) in [4.78, 5) is 15.6. The average molecular weight is 275 g/mol. The van der Waals surface area contributed by atoms with Gasteiger partial charge in [0.05, 0.1) is 5.69 Å². The Hall–Kier alpha value is -0.840. The highest BCUT2D eigenvalue weighted by atomic mass is 79.9. The van der Waals surface area contributed by atoms with Gasteiger partial charge < -0.3 is 9.73 Å². The molecule has 15 heavy (non-hydrogen) atoms. The fraction of sp³-hybridized carbons (Fsp3) is 0.600. The predicted octanol–water partition coefficient (Wildman–Crippen LogP) is 2.28. The molecule has 1 heterocycles. The van der Waals surface area contributed by atoms with Crippen LogP contribution in [0.25, 0.3) is 0 Å². The molecule has 0 bridgehead atoms. The van der Waals surface area contributed by atoms with E-state index in [2.05, 4.69) is 26.2 Å². The zero-order valence-electron chi connectivity index (χ0n) is 8.92. The number of carbonyl (C=O) groups excluding carboxylic acids is 1. The van der Waals surface area contributed by atoms with Crippen molar-refractivity contribution in [2.45, 2.75) is 32.7 Å². The van der Waals surface area contributed by atoms with Crippen LogP contribution in [0.1, 0.15) is 36.0 Å². The summed E-state index contributed by atoms with van der Waals surface area (Å²) in [5.41, 5.74) is 0.626. The number of nitrogens with one attached hydrogen (secondary N) is 1. The SMILES string of the molecule is CCC(CCBr)NC(=O)c1ocnc1C. The molecular formula is C10H15BrN2O2. The minimum atomic E-state index is -0.183. The second-order valence-corrected chi connectivity index (χ2v) is 4.12. The van der Waals surface area contributed by atoms with Gasteiger partial charge in [0, 0.05) is 11.4 Å². The third-order valence-electron chi connectivity index (χ3n) is 2.24. The normalized spacial score (nSPS) is 12.5. The lowest BCUT2D eigenvalue weighted by atomic mass is 10.1. The van der Waals surface area contributed by atoms with Gasteiger partial charge in [-0.1, -0.05) is 22.9 Å². The zero-order valence-corrected chi connectivity index (χ0v) is 10.5. The van der Waals surface area contributed by atoms with Crippen LogP contribution in [-0.2, 0) is 0 Å². The third-order valence-corrected chi connectivity index (χ3v) is 2.70. The third kappa shape index (κ3) is 3.34. The molecule has 1 amide bonds. The van der Waals surface area contributed by atoms with Gasteiger partial charge in [0.1, 0.15) is 0 Å². The van der Waals surface area contributed by atoms with E-state index >= 15 is 0 Å². The van der Waals surface area contributed by atoms with E-state index in [1.807, 2.05) is 6.92 Å². The Bertz CT molecular complexity index is 325. The van der Waals surface area contributed by atoms with E-state index in [4.69, 9.17) is 4.42 Å². The number of alkyl halides is 1. The van der Waals surface area contributed by atoms with Crippen LogP contribution in [-0.4, -0.2) is 22.3 Å². The van der Waals surface area contributed by atoms with E-state index in [-0.39, 0.29) is 11.9 Å². The summed E-state index contributed by atoms with van der Waals surface area (Å²) in [6.45, 7) is 3.80. The smallest absolute Gasteiger partial charge is 0.289 e. The molecule has 1 unspecified atom stereocenters. The Kier molecular flexibility index (Phi) is 4.81. The number of rotatable bonds is 5. The van der Waals surface area contributed by atoms with Crippen LogP contribution in [0.15, 0.2) is 10.8 Å². The molecule has 0 aliphatic rings. The van der Waals surface area contributed by atoms with Crippen molar-refractivity contribution < 1.29 is 9.21 Å². The molecule has 1 N–H and O–H groups in total. The molecule has 0 aliphatic carbocycles. The number of nitrogens with zero attached hydrogens (tertiary/aromatic N) is 1. The highest BCUT2D eigenvalue weighted by Gasteiger charge is 2.16. The van der Waals surface area contributed by atoms with Gasteiger partial charge in [-0.25, -0.2) is 4.98 Å². The van der Waals surface area contributed by atoms with E-state index in [1.54, 1.807) is 6.92 Å². The molecular weight excluding hydrogens is 260 g/mol. The van der Waals surface area contributed by atoms with Crippen molar-refractivity contribution in [3.05, 3.63) is 17.8 Å².